The number of piperidine rings is 1. The number of hydrogen-bond acceptors (Lipinski definition) is 4. The highest BCUT2D eigenvalue weighted by atomic mass is 16.6. The van der Waals surface area contributed by atoms with E-state index in [0.717, 1.165) is 32.4 Å². The van der Waals surface area contributed by atoms with Gasteiger partial charge >= 0.3 is 5.97 Å². The molecular weight excluding hydrogens is 218 g/mol. The second-order valence-corrected chi connectivity index (χ2v) is 5.78. The van der Waals surface area contributed by atoms with E-state index in [1.165, 1.54) is 0 Å². The van der Waals surface area contributed by atoms with Crippen molar-refractivity contribution in [3.63, 3.8) is 0 Å². The Bertz CT molecular complexity index is 252. The molecule has 1 aliphatic heterocycles. The Morgan fingerprint density at radius 3 is 2.35 bits per heavy atom. The van der Waals surface area contributed by atoms with Gasteiger partial charge in [-0.3, -0.25) is 4.79 Å². The van der Waals surface area contributed by atoms with E-state index in [1.807, 2.05) is 20.8 Å². The fourth-order valence-electron chi connectivity index (χ4n) is 2.15. The molecule has 1 fully saturated rings. The standard InChI is InChI=1S/C13H25NO3/c1-12(2,3)17-11(15)13(7-10-16-4)5-8-14-9-6-13/h14H,5-10H2,1-4H3. The maximum atomic E-state index is 12.3. The van der Waals surface area contributed by atoms with E-state index in [1.54, 1.807) is 7.11 Å². The van der Waals surface area contributed by atoms with Crippen molar-refractivity contribution in [2.45, 2.75) is 45.6 Å². The second kappa shape index (κ2) is 5.83. The van der Waals surface area contributed by atoms with Crippen molar-refractivity contribution in [3.05, 3.63) is 0 Å². The van der Waals surface area contributed by atoms with Gasteiger partial charge in [0, 0.05) is 13.7 Å². The van der Waals surface area contributed by atoms with Gasteiger partial charge in [0.2, 0.25) is 0 Å². The lowest BCUT2D eigenvalue weighted by atomic mass is 9.76. The SMILES string of the molecule is COCCC1(C(=O)OC(C)(C)C)CCNCC1. The zero-order chi connectivity index (χ0) is 12.9. The van der Waals surface area contributed by atoms with Crippen LogP contribution in [-0.4, -0.2) is 38.4 Å². The highest BCUT2D eigenvalue weighted by molar-refractivity contribution is 5.77. The molecule has 0 atom stereocenters. The smallest absolute Gasteiger partial charge is 0.312 e. The van der Waals surface area contributed by atoms with Gasteiger partial charge in [-0.25, -0.2) is 0 Å². The summed E-state index contributed by atoms with van der Waals surface area (Å²) in [5, 5.41) is 3.29. The van der Waals surface area contributed by atoms with Crippen LogP contribution >= 0.6 is 0 Å². The van der Waals surface area contributed by atoms with Gasteiger partial charge in [-0.15, -0.1) is 0 Å². The van der Waals surface area contributed by atoms with E-state index in [4.69, 9.17) is 9.47 Å². The molecule has 1 heterocycles. The lowest BCUT2D eigenvalue weighted by Crippen LogP contribution is -2.45. The van der Waals surface area contributed by atoms with Crippen LogP contribution in [0.5, 0.6) is 0 Å². The molecule has 1 saturated heterocycles. The zero-order valence-corrected chi connectivity index (χ0v) is 11.5. The van der Waals surface area contributed by atoms with Gasteiger partial charge in [-0.2, -0.15) is 0 Å². The van der Waals surface area contributed by atoms with Crippen molar-refractivity contribution >= 4 is 5.97 Å². The largest absolute Gasteiger partial charge is 0.460 e. The first-order valence-corrected chi connectivity index (χ1v) is 6.33. The van der Waals surface area contributed by atoms with Crippen LogP contribution in [0.4, 0.5) is 0 Å². The van der Waals surface area contributed by atoms with E-state index in [2.05, 4.69) is 5.32 Å². The van der Waals surface area contributed by atoms with Crippen molar-refractivity contribution in [1.29, 1.82) is 0 Å². The fraction of sp³-hybridized carbons (Fsp3) is 0.923. The Hall–Kier alpha value is -0.610. The van der Waals surface area contributed by atoms with E-state index in [-0.39, 0.29) is 11.4 Å². The predicted molar refractivity (Wildman–Crippen MR) is 66.9 cm³/mol. The molecular formula is C13H25NO3. The highest BCUT2D eigenvalue weighted by Gasteiger charge is 2.42. The van der Waals surface area contributed by atoms with Crippen molar-refractivity contribution in [3.8, 4) is 0 Å². The molecule has 0 aromatic heterocycles. The maximum absolute atomic E-state index is 12.3. The highest BCUT2D eigenvalue weighted by Crippen LogP contribution is 2.35. The Labute approximate surface area is 104 Å². The molecule has 0 unspecified atom stereocenters. The minimum absolute atomic E-state index is 0.0662. The molecule has 0 spiro atoms. The lowest BCUT2D eigenvalue weighted by Gasteiger charge is -2.37. The summed E-state index contributed by atoms with van der Waals surface area (Å²) in [6.07, 6.45) is 2.43. The van der Waals surface area contributed by atoms with E-state index in [9.17, 15) is 4.79 Å². The minimum Gasteiger partial charge on any atom is -0.460 e. The molecule has 0 aromatic carbocycles. The first kappa shape index (κ1) is 14.5. The van der Waals surface area contributed by atoms with Gasteiger partial charge in [0.25, 0.3) is 0 Å². The van der Waals surface area contributed by atoms with E-state index >= 15 is 0 Å². The number of nitrogens with one attached hydrogen (secondary N) is 1. The van der Waals surface area contributed by atoms with Crippen LogP contribution in [0.25, 0.3) is 0 Å². The summed E-state index contributed by atoms with van der Waals surface area (Å²) in [6, 6.07) is 0. The Morgan fingerprint density at radius 2 is 1.88 bits per heavy atom. The molecule has 1 N–H and O–H groups in total. The average molecular weight is 243 g/mol. The molecule has 0 radical (unpaired) electrons. The zero-order valence-electron chi connectivity index (χ0n) is 11.5. The van der Waals surface area contributed by atoms with Crippen LogP contribution < -0.4 is 5.32 Å². The van der Waals surface area contributed by atoms with Crippen LogP contribution in [0, 0.1) is 5.41 Å². The normalized spacial score (nSPS) is 20.0. The van der Waals surface area contributed by atoms with Gasteiger partial charge in [0.15, 0.2) is 0 Å². The average Bonchev–Trinajstić information content (AvgIpc) is 2.25. The molecule has 0 aliphatic carbocycles. The molecule has 0 saturated carbocycles. The van der Waals surface area contributed by atoms with E-state index < -0.39 is 5.60 Å². The van der Waals surface area contributed by atoms with E-state index in [0.29, 0.717) is 6.61 Å². The van der Waals surface area contributed by atoms with Crippen LogP contribution in [-0.2, 0) is 14.3 Å². The number of hydrogen-bond donors (Lipinski definition) is 1. The van der Waals surface area contributed by atoms with Crippen LogP contribution in [0.2, 0.25) is 0 Å². The summed E-state index contributed by atoms with van der Waals surface area (Å²) in [7, 11) is 1.67. The molecule has 4 nitrogen and oxygen atoms in total. The maximum Gasteiger partial charge on any atom is 0.312 e. The summed E-state index contributed by atoms with van der Waals surface area (Å²) < 4.78 is 10.7. The third kappa shape index (κ3) is 4.28. The lowest BCUT2D eigenvalue weighted by molar-refractivity contribution is -0.170. The van der Waals surface area contributed by atoms with Gasteiger partial charge in [-0.05, 0) is 53.1 Å². The summed E-state index contributed by atoms with van der Waals surface area (Å²) in [5.41, 5.74) is -0.767. The molecule has 17 heavy (non-hydrogen) atoms. The monoisotopic (exact) mass is 243 g/mol. The summed E-state index contributed by atoms with van der Waals surface area (Å²) in [4.78, 5) is 12.3. The number of carbonyl (C=O) groups is 1. The van der Waals surface area contributed by atoms with Crippen LogP contribution in [0.3, 0.4) is 0 Å². The van der Waals surface area contributed by atoms with Gasteiger partial charge in [-0.1, -0.05) is 0 Å². The first-order chi connectivity index (χ1) is 7.90. The topological polar surface area (TPSA) is 47.6 Å². The third-order valence-corrected chi connectivity index (χ3v) is 3.18. The van der Waals surface area contributed by atoms with Gasteiger partial charge < -0.3 is 14.8 Å². The number of ether oxygens (including phenoxy) is 2. The Balaban J connectivity index is 2.70. The Morgan fingerprint density at radius 1 is 1.29 bits per heavy atom. The summed E-state index contributed by atoms with van der Waals surface area (Å²) in [6.45, 7) is 8.10. The number of carbonyl (C=O) groups excluding carboxylic acids is 1. The molecule has 100 valence electrons. The summed E-state index contributed by atoms with van der Waals surface area (Å²) in [5.74, 6) is -0.0662. The van der Waals surface area contributed by atoms with Crippen molar-refractivity contribution in [2.75, 3.05) is 26.8 Å². The number of methoxy groups -OCH3 is 1. The molecule has 0 amide bonds. The second-order valence-electron chi connectivity index (χ2n) is 5.78. The van der Waals surface area contributed by atoms with Crippen molar-refractivity contribution in [2.24, 2.45) is 5.41 Å². The molecule has 4 heteroatoms. The molecule has 1 aliphatic rings. The molecule has 1 rings (SSSR count). The van der Waals surface area contributed by atoms with Gasteiger partial charge in [0.1, 0.15) is 5.60 Å². The minimum atomic E-state index is -0.415. The van der Waals surface area contributed by atoms with Crippen LogP contribution in [0.15, 0.2) is 0 Å². The first-order valence-electron chi connectivity index (χ1n) is 6.33. The Kier molecular flexibility index (Phi) is 4.95. The van der Waals surface area contributed by atoms with Crippen molar-refractivity contribution in [1.82, 2.24) is 5.32 Å². The quantitative estimate of drug-likeness (QED) is 0.764. The number of rotatable bonds is 4. The molecule has 0 aromatic rings. The summed E-state index contributed by atoms with van der Waals surface area (Å²) >= 11 is 0. The third-order valence-electron chi connectivity index (χ3n) is 3.18. The van der Waals surface area contributed by atoms with Crippen LogP contribution in [0.1, 0.15) is 40.0 Å². The number of esters is 1. The van der Waals surface area contributed by atoms with Gasteiger partial charge in [0.05, 0.1) is 5.41 Å². The van der Waals surface area contributed by atoms with Crippen molar-refractivity contribution < 1.29 is 14.3 Å². The fourth-order valence-corrected chi connectivity index (χ4v) is 2.15. The molecule has 0 bridgehead atoms. The predicted octanol–water partition coefficient (Wildman–Crippen LogP) is 1.73.